The van der Waals surface area contributed by atoms with Crippen LogP contribution in [0, 0.1) is 5.82 Å². The van der Waals surface area contributed by atoms with Gasteiger partial charge in [-0.1, -0.05) is 24.3 Å². The number of ether oxygens (including phenoxy) is 1. The van der Waals surface area contributed by atoms with Gasteiger partial charge in [0.2, 0.25) is 0 Å². The molecule has 166 valence electrons. The molecule has 0 radical (unpaired) electrons. The van der Waals surface area contributed by atoms with Crippen molar-refractivity contribution < 1.29 is 13.9 Å². The molecule has 0 atom stereocenters. The molecule has 3 heterocycles. The van der Waals surface area contributed by atoms with Crippen LogP contribution in [-0.2, 0) is 17.9 Å². The van der Waals surface area contributed by atoms with Gasteiger partial charge in [-0.3, -0.25) is 9.20 Å². The number of hydrogen-bond donors (Lipinski definition) is 1. The fourth-order valence-electron chi connectivity index (χ4n) is 3.81. The van der Waals surface area contributed by atoms with E-state index in [0.29, 0.717) is 31.9 Å². The molecule has 7 nitrogen and oxygen atoms in total. The van der Waals surface area contributed by atoms with E-state index in [1.807, 2.05) is 12.1 Å². The Morgan fingerprint density at radius 3 is 2.82 bits per heavy atom. The van der Waals surface area contributed by atoms with Gasteiger partial charge in [0, 0.05) is 34.6 Å². The Hall–Kier alpha value is -3.82. The summed E-state index contributed by atoms with van der Waals surface area (Å²) < 4.78 is 23.2. The molecular formula is C24H19FN4O3S. The Morgan fingerprint density at radius 2 is 2.00 bits per heavy atom. The van der Waals surface area contributed by atoms with Crippen molar-refractivity contribution in [3.05, 3.63) is 99.2 Å². The normalized spacial score (nSPS) is 11.3. The molecule has 1 amide bonds. The topological polar surface area (TPSA) is 77.6 Å². The van der Waals surface area contributed by atoms with Crippen molar-refractivity contribution in [2.75, 3.05) is 12.4 Å². The molecule has 0 aliphatic carbocycles. The summed E-state index contributed by atoms with van der Waals surface area (Å²) in [5, 5.41) is 7.64. The van der Waals surface area contributed by atoms with Gasteiger partial charge < -0.3 is 10.1 Å². The SMILES string of the molecule is COCc1c(C(=O)Nc2cccc(Cn3nc4ccccn4c3=O)c2)sc2cccc(F)c12. The summed E-state index contributed by atoms with van der Waals surface area (Å²) in [4.78, 5) is 26.0. The second-order valence-corrected chi connectivity index (χ2v) is 8.53. The van der Waals surface area contributed by atoms with E-state index in [2.05, 4.69) is 10.4 Å². The molecule has 5 rings (SSSR count). The number of halogens is 1. The van der Waals surface area contributed by atoms with Crippen LogP contribution in [-0.4, -0.2) is 27.2 Å². The summed E-state index contributed by atoms with van der Waals surface area (Å²) in [5.74, 6) is -0.723. The van der Waals surface area contributed by atoms with Gasteiger partial charge in [0.1, 0.15) is 5.82 Å². The minimum absolute atomic E-state index is 0.126. The Morgan fingerprint density at radius 1 is 1.15 bits per heavy atom. The molecule has 0 unspecified atom stereocenters. The molecule has 0 fully saturated rings. The molecule has 9 heteroatoms. The Kier molecular flexibility index (Phi) is 5.49. The van der Waals surface area contributed by atoms with Crippen LogP contribution in [0.3, 0.4) is 0 Å². The highest BCUT2D eigenvalue weighted by molar-refractivity contribution is 7.21. The molecule has 0 bridgehead atoms. The zero-order chi connectivity index (χ0) is 22.9. The van der Waals surface area contributed by atoms with Gasteiger partial charge in [0.05, 0.1) is 18.0 Å². The Bertz CT molecular complexity index is 1550. The Labute approximate surface area is 191 Å². The maximum absolute atomic E-state index is 14.4. The summed E-state index contributed by atoms with van der Waals surface area (Å²) in [7, 11) is 1.51. The number of nitrogens with zero attached hydrogens (tertiary/aromatic N) is 3. The second kappa shape index (κ2) is 8.61. The van der Waals surface area contributed by atoms with E-state index in [4.69, 9.17) is 4.74 Å². The van der Waals surface area contributed by atoms with Crippen LogP contribution in [0.15, 0.2) is 71.7 Å². The average Bonchev–Trinajstić information content (AvgIpc) is 3.33. The first kappa shape index (κ1) is 21.0. The van der Waals surface area contributed by atoms with Crippen molar-refractivity contribution in [3.63, 3.8) is 0 Å². The number of carbonyl (C=O) groups is 1. The quantitative estimate of drug-likeness (QED) is 0.408. The predicted octanol–water partition coefficient (Wildman–Crippen LogP) is 4.30. The third-order valence-corrected chi connectivity index (χ3v) is 6.46. The van der Waals surface area contributed by atoms with Crippen molar-refractivity contribution in [1.82, 2.24) is 14.2 Å². The van der Waals surface area contributed by atoms with E-state index in [9.17, 15) is 14.0 Å². The third-order valence-electron chi connectivity index (χ3n) is 5.26. The number of pyridine rings is 1. The summed E-state index contributed by atoms with van der Waals surface area (Å²) >= 11 is 1.23. The number of benzene rings is 2. The fraction of sp³-hybridized carbons (Fsp3) is 0.125. The molecule has 33 heavy (non-hydrogen) atoms. The molecule has 0 saturated carbocycles. The molecule has 0 spiro atoms. The molecule has 1 N–H and O–H groups in total. The van der Waals surface area contributed by atoms with Crippen LogP contribution in [0.5, 0.6) is 0 Å². The smallest absolute Gasteiger partial charge is 0.350 e. The van der Waals surface area contributed by atoms with E-state index in [1.54, 1.807) is 48.7 Å². The number of rotatable bonds is 6. The summed E-state index contributed by atoms with van der Waals surface area (Å²) in [6.07, 6.45) is 1.67. The van der Waals surface area contributed by atoms with Crippen molar-refractivity contribution in [3.8, 4) is 0 Å². The fourth-order valence-corrected chi connectivity index (χ4v) is 4.93. The average molecular weight is 463 g/mol. The first-order valence-electron chi connectivity index (χ1n) is 10.2. The van der Waals surface area contributed by atoms with Crippen LogP contribution in [0.4, 0.5) is 10.1 Å². The van der Waals surface area contributed by atoms with E-state index >= 15 is 0 Å². The number of amides is 1. The van der Waals surface area contributed by atoms with Gasteiger partial charge in [0.15, 0.2) is 5.65 Å². The van der Waals surface area contributed by atoms with Gasteiger partial charge in [0.25, 0.3) is 5.91 Å². The van der Waals surface area contributed by atoms with Crippen molar-refractivity contribution >= 4 is 38.7 Å². The molecule has 3 aromatic heterocycles. The lowest BCUT2D eigenvalue weighted by Gasteiger charge is -2.08. The van der Waals surface area contributed by atoms with Gasteiger partial charge in [-0.25, -0.2) is 13.9 Å². The predicted molar refractivity (Wildman–Crippen MR) is 125 cm³/mol. The lowest BCUT2D eigenvalue weighted by Crippen LogP contribution is -2.21. The number of methoxy groups -OCH3 is 1. The largest absolute Gasteiger partial charge is 0.380 e. The number of thiophene rings is 1. The van der Waals surface area contributed by atoms with Crippen molar-refractivity contribution in [2.24, 2.45) is 0 Å². The molecular weight excluding hydrogens is 443 g/mol. The molecule has 0 aliphatic rings. The number of hydrogen-bond acceptors (Lipinski definition) is 5. The molecule has 0 aliphatic heterocycles. The second-order valence-electron chi connectivity index (χ2n) is 7.48. The number of fused-ring (bicyclic) bond motifs is 2. The van der Waals surface area contributed by atoms with Gasteiger partial charge in [-0.05, 0) is 42.0 Å². The Balaban J connectivity index is 1.42. The molecule has 2 aromatic carbocycles. The highest BCUT2D eigenvalue weighted by Gasteiger charge is 2.21. The minimum atomic E-state index is -0.380. The van der Waals surface area contributed by atoms with Crippen LogP contribution in [0.25, 0.3) is 15.7 Å². The zero-order valence-corrected chi connectivity index (χ0v) is 18.4. The van der Waals surface area contributed by atoms with E-state index in [1.165, 1.54) is 33.6 Å². The summed E-state index contributed by atoms with van der Waals surface area (Å²) in [5.41, 5.74) is 2.22. The van der Waals surface area contributed by atoms with E-state index in [-0.39, 0.29) is 30.6 Å². The lowest BCUT2D eigenvalue weighted by molar-refractivity contribution is 0.102. The van der Waals surface area contributed by atoms with Gasteiger partial charge in [-0.15, -0.1) is 16.4 Å². The van der Waals surface area contributed by atoms with Crippen LogP contribution >= 0.6 is 11.3 Å². The summed E-state index contributed by atoms with van der Waals surface area (Å²) in [6, 6.07) is 17.3. The molecule has 0 saturated heterocycles. The lowest BCUT2D eigenvalue weighted by atomic mass is 10.1. The number of carbonyl (C=O) groups excluding carboxylic acids is 1. The maximum Gasteiger partial charge on any atom is 0.350 e. The van der Waals surface area contributed by atoms with Gasteiger partial charge >= 0.3 is 5.69 Å². The highest BCUT2D eigenvalue weighted by Crippen LogP contribution is 2.34. The summed E-state index contributed by atoms with van der Waals surface area (Å²) in [6.45, 7) is 0.383. The van der Waals surface area contributed by atoms with Crippen molar-refractivity contribution in [1.29, 1.82) is 0 Å². The van der Waals surface area contributed by atoms with Crippen LogP contribution in [0.1, 0.15) is 20.8 Å². The molecule has 5 aromatic rings. The monoisotopic (exact) mass is 462 g/mol. The third kappa shape index (κ3) is 3.92. The van der Waals surface area contributed by atoms with Crippen LogP contribution < -0.4 is 11.0 Å². The first-order chi connectivity index (χ1) is 16.0. The van der Waals surface area contributed by atoms with Gasteiger partial charge in [-0.2, -0.15) is 0 Å². The standard InChI is InChI=1S/C24H19FN4O3S/c1-32-14-17-21-18(25)8-5-9-19(21)33-22(17)23(30)26-16-7-4-6-15(12-16)13-29-24(31)28-11-3-2-10-20(28)27-29/h2-12H,13-14H2,1H3,(H,26,30). The maximum atomic E-state index is 14.4. The number of anilines is 1. The number of aromatic nitrogens is 3. The van der Waals surface area contributed by atoms with E-state index in [0.717, 1.165) is 5.56 Å². The first-order valence-corrected chi connectivity index (χ1v) is 11.0. The highest BCUT2D eigenvalue weighted by atomic mass is 32.1. The van der Waals surface area contributed by atoms with Crippen LogP contribution in [0.2, 0.25) is 0 Å². The van der Waals surface area contributed by atoms with E-state index < -0.39 is 0 Å². The van der Waals surface area contributed by atoms with Crippen molar-refractivity contribution in [2.45, 2.75) is 13.2 Å². The number of nitrogens with one attached hydrogen (secondary N) is 1. The zero-order valence-electron chi connectivity index (χ0n) is 17.6. The minimum Gasteiger partial charge on any atom is -0.380 e.